The molecule has 10 nitrogen and oxygen atoms in total. The number of ether oxygens (including phenoxy) is 2. The number of carbonyl (C=O) groups excluding carboxylic acids is 2. The number of nitrogens with two attached hydrogens (primary N) is 1. The van der Waals surface area contributed by atoms with Gasteiger partial charge in [-0.25, -0.2) is 9.78 Å². The average Bonchev–Trinajstić information content (AvgIpc) is 3.48. The number of hydrogen-bond acceptors (Lipinski definition) is 6. The van der Waals surface area contributed by atoms with Crippen LogP contribution in [0.3, 0.4) is 0 Å². The Labute approximate surface area is 267 Å². The zero-order valence-corrected chi connectivity index (χ0v) is 26.3. The molecule has 2 bridgehead atoms. The van der Waals surface area contributed by atoms with Crippen LogP contribution in [-0.2, 0) is 18.3 Å². The Bertz CT molecular complexity index is 2010. The van der Waals surface area contributed by atoms with Crippen molar-refractivity contribution >= 4 is 39.6 Å². The number of imidazole rings is 1. The van der Waals surface area contributed by atoms with Crippen molar-refractivity contribution in [2.24, 2.45) is 24.6 Å². The van der Waals surface area contributed by atoms with Gasteiger partial charge in [-0.3, -0.25) is 10.1 Å². The summed E-state index contributed by atoms with van der Waals surface area (Å²) in [5, 5.41) is 3.84. The molecule has 3 unspecified atom stereocenters. The predicted molar refractivity (Wildman–Crippen MR) is 178 cm³/mol. The van der Waals surface area contributed by atoms with E-state index in [1.54, 1.807) is 7.11 Å². The lowest BCUT2D eigenvalue weighted by Crippen LogP contribution is -2.41. The first kappa shape index (κ1) is 28.6. The van der Waals surface area contributed by atoms with E-state index in [0.29, 0.717) is 28.8 Å². The largest absolute Gasteiger partial charge is 0.494 e. The lowest BCUT2D eigenvalue weighted by atomic mass is 10.0. The van der Waals surface area contributed by atoms with Gasteiger partial charge in [-0.1, -0.05) is 24.3 Å². The molecule has 3 atom stereocenters. The summed E-state index contributed by atoms with van der Waals surface area (Å²) in [6.45, 7) is 1.63. The van der Waals surface area contributed by atoms with Crippen molar-refractivity contribution in [1.29, 1.82) is 0 Å². The quantitative estimate of drug-likeness (QED) is 0.230. The standard InChI is InChI=1S/C36H38N6O4/c1-40-33-27(14-25(17-31(33)45-2)35(43)42-19-24-10-13-28(42)32(24)37)39-34(40)30-16-23-7-6-22(15-29(23)41(30)18-20-4-5-20)21-8-11-26(12-9-21)38-36(44)46-3/h6-9,11-12,14-17,20,24,28,32H,4-5,10,13,18-19,37H2,1-3H3,(H,38,44). The van der Waals surface area contributed by atoms with E-state index in [-0.39, 0.29) is 18.0 Å². The first-order valence-electron chi connectivity index (χ1n) is 16.0. The maximum Gasteiger partial charge on any atom is 0.411 e. The Morgan fingerprint density at radius 2 is 1.76 bits per heavy atom. The van der Waals surface area contributed by atoms with Gasteiger partial charge >= 0.3 is 6.09 Å². The fourth-order valence-corrected chi connectivity index (χ4v) is 7.56. The molecule has 5 aromatic rings. The van der Waals surface area contributed by atoms with Gasteiger partial charge in [-0.15, -0.1) is 0 Å². The van der Waals surface area contributed by atoms with Crippen LogP contribution < -0.4 is 15.8 Å². The second-order valence-electron chi connectivity index (χ2n) is 13.0. The number of aromatic nitrogens is 3. The van der Waals surface area contributed by atoms with E-state index in [9.17, 15) is 9.59 Å². The van der Waals surface area contributed by atoms with Gasteiger partial charge in [0.15, 0.2) is 5.82 Å². The van der Waals surface area contributed by atoms with E-state index >= 15 is 0 Å². The first-order valence-corrected chi connectivity index (χ1v) is 16.0. The molecule has 2 amide bonds. The minimum absolute atomic E-state index is 0.000426. The average molecular weight is 619 g/mol. The molecule has 3 heterocycles. The molecule has 0 radical (unpaired) electrons. The van der Waals surface area contributed by atoms with Crippen molar-refractivity contribution in [3.8, 4) is 28.4 Å². The van der Waals surface area contributed by atoms with Crippen molar-refractivity contribution in [2.45, 2.75) is 44.3 Å². The third kappa shape index (κ3) is 4.70. The monoisotopic (exact) mass is 618 g/mol. The molecule has 3 fully saturated rings. The third-order valence-corrected chi connectivity index (χ3v) is 10.2. The maximum absolute atomic E-state index is 13.7. The van der Waals surface area contributed by atoms with E-state index in [1.165, 1.54) is 20.0 Å². The minimum Gasteiger partial charge on any atom is -0.494 e. The van der Waals surface area contributed by atoms with Gasteiger partial charge in [-0.05, 0) is 85.0 Å². The van der Waals surface area contributed by atoms with E-state index in [4.69, 9.17) is 20.2 Å². The van der Waals surface area contributed by atoms with Crippen LogP contribution in [0.4, 0.5) is 10.5 Å². The topological polar surface area (TPSA) is 117 Å². The number of amides is 2. The van der Waals surface area contributed by atoms with Crippen molar-refractivity contribution < 1.29 is 19.1 Å². The number of rotatable bonds is 7. The van der Waals surface area contributed by atoms with Crippen LogP contribution in [0.15, 0.2) is 60.7 Å². The summed E-state index contributed by atoms with van der Waals surface area (Å²) in [6.07, 6.45) is 4.01. The van der Waals surface area contributed by atoms with Crippen molar-refractivity contribution in [1.82, 2.24) is 19.0 Å². The maximum atomic E-state index is 13.7. The Hall–Kier alpha value is -4.83. The lowest BCUT2D eigenvalue weighted by Gasteiger charge is -2.27. The number of aryl methyl sites for hydroxylation is 1. The minimum atomic E-state index is -0.495. The predicted octanol–water partition coefficient (Wildman–Crippen LogP) is 6.02. The van der Waals surface area contributed by atoms with Gasteiger partial charge in [0.05, 0.1) is 25.4 Å². The molecule has 46 heavy (non-hydrogen) atoms. The highest BCUT2D eigenvalue weighted by Gasteiger charge is 2.47. The molecule has 0 spiro atoms. The number of likely N-dealkylation sites (tertiary alicyclic amines) is 1. The summed E-state index contributed by atoms with van der Waals surface area (Å²) < 4.78 is 15.1. The number of anilines is 1. The Morgan fingerprint density at radius 3 is 2.43 bits per heavy atom. The van der Waals surface area contributed by atoms with E-state index in [1.807, 2.05) is 48.3 Å². The van der Waals surface area contributed by atoms with Gasteiger partial charge < -0.3 is 29.2 Å². The molecule has 1 saturated heterocycles. The van der Waals surface area contributed by atoms with Gasteiger partial charge in [0.25, 0.3) is 5.91 Å². The second-order valence-corrected chi connectivity index (χ2v) is 13.0. The van der Waals surface area contributed by atoms with Crippen LogP contribution in [0, 0.1) is 11.8 Å². The number of benzene rings is 3. The van der Waals surface area contributed by atoms with Gasteiger partial charge in [0.2, 0.25) is 0 Å². The van der Waals surface area contributed by atoms with Crippen LogP contribution in [0.5, 0.6) is 5.75 Å². The summed E-state index contributed by atoms with van der Waals surface area (Å²) in [6, 6.07) is 20.4. The van der Waals surface area contributed by atoms with Gasteiger partial charge in [-0.2, -0.15) is 0 Å². The highest BCUT2D eigenvalue weighted by Crippen LogP contribution is 2.41. The smallest absolute Gasteiger partial charge is 0.411 e. The van der Waals surface area contributed by atoms with Crippen molar-refractivity contribution in [3.05, 3.63) is 66.2 Å². The number of nitrogens with one attached hydrogen (secondary N) is 1. The molecule has 3 aliphatic rings. The molecule has 8 rings (SSSR count). The molecule has 3 N–H and O–H groups in total. The summed E-state index contributed by atoms with van der Waals surface area (Å²) >= 11 is 0. The van der Waals surface area contributed by atoms with E-state index < -0.39 is 6.09 Å². The van der Waals surface area contributed by atoms with E-state index in [2.05, 4.69) is 38.7 Å². The molecule has 2 aromatic heterocycles. The van der Waals surface area contributed by atoms with Crippen LogP contribution >= 0.6 is 0 Å². The first-order chi connectivity index (χ1) is 22.3. The fourth-order valence-electron chi connectivity index (χ4n) is 7.56. The highest BCUT2D eigenvalue weighted by atomic mass is 16.5. The SMILES string of the molecule is COC(=O)Nc1ccc(-c2ccc3cc(-c4nc5cc(C(=O)N6CC7CCC6C7N)cc(OC)c5n4C)n(CC4CC4)c3c2)cc1. The number of methoxy groups -OCH3 is 2. The molecule has 10 heteroatoms. The van der Waals surface area contributed by atoms with Crippen LogP contribution in [-0.4, -0.2) is 63.9 Å². The Kier molecular flexibility index (Phi) is 6.79. The molecule has 1 aliphatic heterocycles. The molecular weight excluding hydrogens is 580 g/mol. The zero-order valence-electron chi connectivity index (χ0n) is 26.3. The normalized spacial score (nSPS) is 20.5. The van der Waals surface area contributed by atoms with E-state index in [0.717, 1.165) is 70.5 Å². The molecule has 2 aliphatic carbocycles. The van der Waals surface area contributed by atoms with Gasteiger partial charge in [0, 0.05) is 54.4 Å². The summed E-state index contributed by atoms with van der Waals surface area (Å²) in [5.41, 5.74) is 13.6. The fraction of sp³-hybridized carbons (Fsp3) is 0.361. The number of fused-ring (bicyclic) bond motifs is 4. The number of hydrogen-bond donors (Lipinski definition) is 2. The molecule has 2 saturated carbocycles. The molecule has 236 valence electrons. The Balaban J connectivity index is 1.19. The molecule has 3 aromatic carbocycles. The highest BCUT2D eigenvalue weighted by molar-refractivity contribution is 6.01. The lowest BCUT2D eigenvalue weighted by molar-refractivity contribution is 0.0700. The summed E-state index contributed by atoms with van der Waals surface area (Å²) in [4.78, 5) is 32.5. The molecular formula is C36H38N6O4. The third-order valence-electron chi connectivity index (χ3n) is 10.2. The zero-order chi connectivity index (χ0) is 31.7. The number of nitrogens with zero attached hydrogens (tertiary/aromatic N) is 4. The van der Waals surface area contributed by atoms with Crippen molar-refractivity contribution in [3.63, 3.8) is 0 Å². The summed E-state index contributed by atoms with van der Waals surface area (Å²) in [5.74, 6) is 2.49. The Morgan fingerprint density at radius 1 is 0.978 bits per heavy atom. The van der Waals surface area contributed by atoms with Gasteiger partial charge in [0.1, 0.15) is 11.3 Å². The van der Waals surface area contributed by atoms with Crippen LogP contribution in [0.25, 0.3) is 44.6 Å². The number of carbonyl (C=O) groups is 2. The van der Waals surface area contributed by atoms with Crippen molar-refractivity contribution in [2.75, 3.05) is 26.1 Å². The van der Waals surface area contributed by atoms with Crippen LogP contribution in [0.1, 0.15) is 36.0 Å². The van der Waals surface area contributed by atoms with Crippen LogP contribution in [0.2, 0.25) is 0 Å². The number of piperidine rings is 1. The summed E-state index contributed by atoms with van der Waals surface area (Å²) in [7, 11) is 5.01. The second kappa shape index (κ2) is 10.9.